The Morgan fingerprint density at radius 1 is 0.477 bits per heavy atom. The second-order valence-corrected chi connectivity index (χ2v) is 17.8. The molecule has 0 radical (unpaired) electrons. The van der Waals surface area contributed by atoms with E-state index in [-0.39, 0.29) is 6.16 Å². The van der Waals surface area contributed by atoms with Crippen molar-refractivity contribution in [3.8, 4) is 0 Å². The minimum absolute atomic E-state index is 0.0626. The normalized spacial score (nSPS) is 12.9. The van der Waals surface area contributed by atoms with Gasteiger partial charge in [0.2, 0.25) is 27.2 Å². The summed E-state index contributed by atoms with van der Waals surface area (Å²) < 4.78 is 63.0. The Kier molecular flexibility index (Phi) is 18.4. The topological polar surface area (TPSA) is 196 Å². The van der Waals surface area contributed by atoms with Crippen LogP contribution in [-0.4, -0.2) is 68.7 Å². The van der Waals surface area contributed by atoms with Crippen molar-refractivity contribution in [2.75, 3.05) is 39.7 Å². The largest absolute Gasteiger partial charge is 0.438 e. The first-order chi connectivity index (χ1) is 19.6. The zero-order chi connectivity index (χ0) is 35.2. The lowest BCUT2D eigenvalue weighted by atomic mass is 9.98. The first kappa shape index (κ1) is 44.3. The lowest BCUT2D eigenvalue weighted by molar-refractivity contribution is -0.163. The number of carbonyl (C=O) groups excluding carboxylic acids is 4. The molecule has 260 valence electrons. The number of esters is 4. The van der Waals surface area contributed by atoms with E-state index in [1.54, 1.807) is 90.0 Å². The molecule has 0 aromatic rings. The van der Waals surface area contributed by atoms with Gasteiger partial charge in [-0.15, -0.1) is 0 Å². The molecule has 0 atom stereocenters. The summed E-state index contributed by atoms with van der Waals surface area (Å²) >= 11 is 0. The van der Waals surface area contributed by atoms with Gasteiger partial charge >= 0.3 is 39.1 Å². The number of hydrogen-bond donors (Lipinski definition) is 1. The van der Waals surface area contributed by atoms with Crippen molar-refractivity contribution in [2.45, 2.75) is 90.0 Å². The van der Waals surface area contributed by atoms with Gasteiger partial charge in [0.1, 0.15) is 6.35 Å². The fraction of sp³-hybridized carbons (Fsp3) is 0.852. The van der Waals surface area contributed by atoms with Crippen LogP contribution in [0.5, 0.6) is 0 Å². The first-order valence-electron chi connectivity index (χ1n) is 13.7. The molecule has 1 N–H and O–H groups in total. The van der Waals surface area contributed by atoms with Crippen molar-refractivity contribution in [2.24, 2.45) is 21.7 Å². The molecular formula is C27H52O15P2. The second kappa shape index (κ2) is 18.3. The van der Waals surface area contributed by atoms with Crippen LogP contribution in [0.25, 0.3) is 0 Å². The molecule has 15 nitrogen and oxygen atoms in total. The van der Waals surface area contributed by atoms with Crippen molar-refractivity contribution < 1.29 is 70.5 Å². The van der Waals surface area contributed by atoms with E-state index in [1.807, 2.05) is 0 Å². The molecule has 17 heteroatoms. The van der Waals surface area contributed by atoms with Crippen LogP contribution in [0.1, 0.15) is 90.0 Å². The third-order valence-electron chi connectivity index (χ3n) is 4.77. The number of aliphatic hydroxyl groups is 1. The standard InChI is InChI=1S/C14H27O7P.C13H25O8P/c1-8-22(17,20-9-18-11(15)13(2,3)4)21-10-19-12(16)14(5,6)7;1-12(2,3)10(15)18-8-20-22(17,7-14)21-9-19-11(16)13(4,5)6/h8-10H2,1-7H3;14H,7-9H2,1-6H3. The van der Waals surface area contributed by atoms with Crippen LogP contribution in [0.2, 0.25) is 0 Å². The highest BCUT2D eigenvalue weighted by atomic mass is 31.2. The molecule has 0 fully saturated rings. The van der Waals surface area contributed by atoms with Crippen molar-refractivity contribution >= 4 is 39.1 Å². The van der Waals surface area contributed by atoms with E-state index in [9.17, 15) is 28.3 Å². The molecule has 0 aromatic heterocycles. The third-order valence-corrected chi connectivity index (χ3v) is 7.88. The SMILES string of the molecule is CC(C)(C)C(=O)OCOP(=O)(CO)OCOC(=O)C(C)(C)C.CCP(=O)(OCOC(=O)C(C)(C)C)OCOC(=O)C(C)(C)C. The highest BCUT2D eigenvalue weighted by molar-refractivity contribution is 7.53. The van der Waals surface area contributed by atoms with Gasteiger partial charge in [-0.05, 0) is 83.1 Å². The number of rotatable bonds is 14. The van der Waals surface area contributed by atoms with Gasteiger partial charge in [-0.25, -0.2) is 0 Å². The van der Waals surface area contributed by atoms with Crippen LogP contribution in [-0.2, 0) is 65.4 Å². The molecule has 44 heavy (non-hydrogen) atoms. The molecule has 0 aliphatic rings. The number of hydrogen-bond acceptors (Lipinski definition) is 15. The zero-order valence-corrected chi connectivity index (χ0v) is 30.1. The van der Waals surface area contributed by atoms with Gasteiger partial charge in [0.05, 0.1) is 21.7 Å². The Bertz CT molecular complexity index is 874. The van der Waals surface area contributed by atoms with Gasteiger partial charge < -0.3 is 24.1 Å². The van der Waals surface area contributed by atoms with Crippen LogP contribution in [0, 0.1) is 21.7 Å². The summed E-state index contributed by atoms with van der Waals surface area (Å²) in [6, 6.07) is 0. The van der Waals surface area contributed by atoms with Gasteiger partial charge in [0.15, 0.2) is 0 Å². The van der Waals surface area contributed by atoms with Gasteiger partial charge in [-0.2, -0.15) is 0 Å². The van der Waals surface area contributed by atoms with E-state index in [4.69, 9.17) is 42.1 Å². The lowest BCUT2D eigenvalue weighted by Gasteiger charge is -2.21. The predicted molar refractivity (Wildman–Crippen MR) is 159 cm³/mol. The molecule has 0 saturated heterocycles. The van der Waals surface area contributed by atoms with E-state index in [1.165, 1.54) is 0 Å². The molecule has 0 aliphatic heterocycles. The minimum Gasteiger partial charge on any atom is -0.438 e. The Hall–Kier alpha value is -1.86. The van der Waals surface area contributed by atoms with Crippen LogP contribution in [0.15, 0.2) is 0 Å². The van der Waals surface area contributed by atoms with Gasteiger partial charge in [0.25, 0.3) is 0 Å². The Labute approximate surface area is 261 Å². The smallest absolute Gasteiger partial charge is 0.361 e. The molecule has 0 unspecified atom stereocenters. The van der Waals surface area contributed by atoms with Gasteiger partial charge in [0, 0.05) is 6.16 Å². The van der Waals surface area contributed by atoms with Crippen LogP contribution in [0.4, 0.5) is 0 Å². The van der Waals surface area contributed by atoms with E-state index in [0.29, 0.717) is 0 Å². The summed E-state index contributed by atoms with van der Waals surface area (Å²) in [5.74, 6) is -2.07. The van der Waals surface area contributed by atoms with E-state index >= 15 is 0 Å². The summed E-state index contributed by atoms with van der Waals surface area (Å²) in [7, 11) is -7.39. The maximum Gasteiger partial charge on any atom is 0.361 e. The highest BCUT2D eigenvalue weighted by Crippen LogP contribution is 2.48. The van der Waals surface area contributed by atoms with E-state index < -0.39 is 94.2 Å². The highest BCUT2D eigenvalue weighted by Gasteiger charge is 2.30. The van der Waals surface area contributed by atoms with Crippen molar-refractivity contribution in [3.05, 3.63) is 0 Å². The summed E-state index contributed by atoms with van der Waals surface area (Å²) in [5.41, 5.74) is -2.84. The van der Waals surface area contributed by atoms with E-state index in [0.717, 1.165) is 0 Å². The number of aliphatic hydroxyl groups excluding tert-OH is 1. The number of carbonyl (C=O) groups is 4. The molecular weight excluding hydrogens is 626 g/mol. The van der Waals surface area contributed by atoms with Crippen molar-refractivity contribution in [1.29, 1.82) is 0 Å². The molecule has 0 saturated carbocycles. The Balaban J connectivity index is 0. The molecule has 0 amide bonds. The monoisotopic (exact) mass is 678 g/mol. The second-order valence-electron chi connectivity index (χ2n) is 13.4. The summed E-state index contributed by atoms with van der Waals surface area (Å²) in [6.45, 7) is 19.4. The maximum absolute atomic E-state index is 12.2. The zero-order valence-electron chi connectivity index (χ0n) is 28.3. The average Bonchev–Trinajstić information content (AvgIpc) is 2.86. The molecule has 0 heterocycles. The van der Waals surface area contributed by atoms with Crippen molar-refractivity contribution in [1.82, 2.24) is 0 Å². The molecule has 0 aliphatic carbocycles. The average molecular weight is 679 g/mol. The third kappa shape index (κ3) is 19.5. The maximum atomic E-state index is 12.2. The molecule has 0 aromatic carbocycles. The van der Waals surface area contributed by atoms with Crippen LogP contribution < -0.4 is 0 Å². The summed E-state index contributed by atoms with van der Waals surface area (Å²) in [5, 5.41) is 9.04. The van der Waals surface area contributed by atoms with Crippen LogP contribution in [0.3, 0.4) is 0 Å². The van der Waals surface area contributed by atoms with Gasteiger partial charge in [-0.1, -0.05) is 6.92 Å². The lowest BCUT2D eigenvalue weighted by Crippen LogP contribution is -2.25. The quantitative estimate of drug-likeness (QED) is 0.103. The molecule has 0 spiro atoms. The summed E-state index contributed by atoms with van der Waals surface area (Å²) in [4.78, 5) is 46.1. The Morgan fingerprint density at radius 3 is 0.841 bits per heavy atom. The minimum atomic E-state index is -3.92. The fourth-order valence-electron chi connectivity index (χ4n) is 1.85. The van der Waals surface area contributed by atoms with E-state index in [2.05, 4.69) is 0 Å². The van der Waals surface area contributed by atoms with Gasteiger partial charge in [-0.3, -0.25) is 46.4 Å². The van der Waals surface area contributed by atoms with Crippen molar-refractivity contribution in [3.63, 3.8) is 0 Å². The number of ether oxygens (including phenoxy) is 4. The Morgan fingerprint density at radius 2 is 0.682 bits per heavy atom. The molecule has 0 rings (SSSR count). The fourth-order valence-corrected chi connectivity index (χ4v) is 3.38. The predicted octanol–water partition coefficient (Wildman–Crippen LogP) is 5.58. The molecule has 0 bridgehead atoms. The first-order valence-corrected chi connectivity index (χ1v) is 17.1. The van der Waals surface area contributed by atoms with Crippen LogP contribution >= 0.6 is 15.2 Å². The summed E-state index contributed by atoms with van der Waals surface area (Å²) in [6.07, 6.45) is -0.875.